The second-order valence-corrected chi connectivity index (χ2v) is 8.39. The Morgan fingerprint density at radius 1 is 0.971 bits per heavy atom. The normalized spacial score (nSPS) is 15.8. The van der Waals surface area contributed by atoms with E-state index in [-0.39, 0.29) is 50.1 Å². The summed E-state index contributed by atoms with van der Waals surface area (Å²) in [6.45, 7) is 0.997. The summed E-state index contributed by atoms with van der Waals surface area (Å²) < 4.78 is 10.6. The maximum absolute atomic E-state index is 13.0. The van der Waals surface area contributed by atoms with E-state index in [2.05, 4.69) is 5.32 Å². The first-order valence-electron chi connectivity index (χ1n) is 10.6. The van der Waals surface area contributed by atoms with Crippen LogP contribution in [0, 0.1) is 0 Å². The molecule has 0 bridgehead atoms. The Kier molecular flexibility index (Phi) is 5.45. The number of ketones is 3. The van der Waals surface area contributed by atoms with Crippen molar-refractivity contribution >= 4 is 46.5 Å². The number of carbonyl (C=O) groups excluding carboxylic acids is 5. The van der Waals surface area contributed by atoms with E-state index >= 15 is 0 Å². The van der Waals surface area contributed by atoms with Gasteiger partial charge in [-0.25, -0.2) is 4.79 Å². The van der Waals surface area contributed by atoms with Crippen molar-refractivity contribution in [1.29, 1.82) is 0 Å². The van der Waals surface area contributed by atoms with Crippen LogP contribution in [-0.2, 0) is 9.53 Å². The Hall–Kier alpha value is -4.30. The summed E-state index contributed by atoms with van der Waals surface area (Å²) in [5, 5.41) is 2.43. The number of ether oxygens (including phenoxy) is 2. The molecular weight excluding hydrogens is 474 g/mol. The van der Waals surface area contributed by atoms with Gasteiger partial charge in [-0.2, -0.15) is 0 Å². The zero-order chi connectivity index (χ0) is 24.9. The van der Waals surface area contributed by atoms with Gasteiger partial charge in [-0.1, -0.05) is 35.9 Å². The topological polar surface area (TPSA) is 116 Å². The third kappa shape index (κ3) is 3.77. The number of hydrogen-bond acceptors (Lipinski definition) is 7. The average Bonchev–Trinajstić information content (AvgIpc) is 2.86. The van der Waals surface area contributed by atoms with Crippen molar-refractivity contribution in [2.75, 3.05) is 11.9 Å². The summed E-state index contributed by atoms with van der Waals surface area (Å²) in [5.41, 5.74) is 0.887. The Morgan fingerprint density at radius 3 is 2.43 bits per heavy atom. The quantitative estimate of drug-likeness (QED) is 0.341. The van der Waals surface area contributed by atoms with Gasteiger partial charge >= 0.3 is 5.97 Å². The van der Waals surface area contributed by atoms with E-state index in [9.17, 15) is 24.0 Å². The molecule has 1 amide bonds. The van der Waals surface area contributed by atoms with E-state index in [4.69, 9.17) is 21.1 Å². The molecule has 3 aromatic carbocycles. The second-order valence-electron chi connectivity index (χ2n) is 8.01. The summed E-state index contributed by atoms with van der Waals surface area (Å²) in [7, 11) is 0. The number of nitrogens with one attached hydrogen (secondary N) is 1. The number of halogens is 1. The molecule has 0 fully saturated rings. The number of fused-ring (bicyclic) bond motifs is 3. The lowest BCUT2D eigenvalue weighted by molar-refractivity contribution is -0.122. The number of Topliss-reactive ketones (excluding diaryl/α,β-unsaturated/α-hetero) is 1. The van der Waals surface area contributed by atoms with Crippen LogP contribution >= 0.6 is 11.6 Å². The lowest BCUT2D eigenvalue weighted by Gasteiger charge is -2.23. The van der Waals surface area contributed by atoms with Crippen LogP contribution in [0.3, 0.4) is 0 Å². The van der Waals surface area contributed by atoms with Gasteiger partial charge in [0.05, 0.1) is 21.8 Å². The van der Waals surface area contributed by atoms with Crippen LogP contribution in [0.2, 0.25) is 5.02 Å². The fraction of sp³-hybridized carbons (Fsp3) is 0.115. The maximum atomic E-state index is 13.0. The van der Waals surface area contributed by atoms with Crippen LogP contribution in [0.5, 0.6) is 5.75 Å². The van der Waals surface area contributed by atoms with Gasteiger partial charge in [-0.05, 0) is 37.3 Å². The van der Waals surface area contributed by atoms with Crippen molar-refractivity contribution in [3.05, 3.63) is 93.0 Å². The van der Waals surface area contributed by atoms with Crippen LogP contribution < -0.4 is 10.1 Å². The van der Waals surface area contributed by atoms with Crippen molar-refractivity contribution < 1.29 is 33.4 Å². The van der Waals surface area contributed by atoms with Gasteiger partial charge in [0.2, 0.25) is 0 Å². The van der Waals surface area contributed by atoms with E-state index in [0.29, 0.717) is 11.4 Å². The Morgan fingerprint density at radius 2 is 1.69 bits per heavy atom. The monoisotopic (exact) mass is 489 g/mol. The van der Waals surface area contributed by atoms with E-state index in [1.54, 1.807) is 31.2 Å². The molecular formula is C26H16ClNO7. The molecule has 174 valence electrons. The average molecular weight is 490 g/mol. The van der Waals surface area contributed by atoms with E-state index in [1.807, 2.05) is 0 Å². The van der Waals surface area contributed by atoms with E-state index in [1.165, 1.54) is 30.3 Å². The molecule has 1 unspecified atom stereocenters. The number of anilines is 1. The minimum atomic E-state index is -0.923. The van der Waals surface area contributed by atoms with E-state index in [0.717, 1.165) is 0 Å². The lowest BCUT2D eigenvalue weighted by atomic mass is 9.83. The highest BCUT2D eigenvalue weighted by atomic mass is 35.5. The van der Waals surface area contributed by atoms with E-state index < -0.39 is 30.2 Å². The summed E-state index contributed by atoms with van der Waals surface area (Å²) in [4.78, 5) is 62.9. The summed E-state index contributed by atoms with van der Waals surface area (Å²) in [6.07, 6.45) is -0.651. The zero-order valence-electron chi connectivity index (χ0n) is 18.2. The van der Waals surface area contributed by atoms with Crippen molar-refractivity contribution in [2.45, 2.75) is 13.0 Å². The predicted molar refractivity (Wildman–Crippen MR) is 125 cm³/mol. The maximum Gasteiger partial charge on any atom is 0.340 e. The van der Waals surface area contributed by atoms with Crippen molar-refractivity contribution in [2.24, 2.45) is 0 Å². The smallest absolute Gasteiger partial charge is 0.340 e. The molecule has 0 spiro atoms. The molecule has 0 aromatic heterocycles. The molecule has 0 saturated heterocycles. The molecule has 5 rings (SSSR count). The zero-order valence-corrected chi connectivity index (χ0v) is 19.0. The Bertz CT molecular complexity index is 1480. The van der Waals surface area contributed by atoms with Crippen LogP contribution in [-0.4, -0.2) is 41.9 Å². The van der Waals surface area contributed by atoms with Gasteiger partial charge in [0.1, 0.15) is 5.75 Å². The Labute approximate surface area is 203 Å². The van der Waals surface area contributed by atoms with Crippen LogP contribution in [0.15, 0.2) is 54.6 Å². The van der Waals surface area contributed by atoms with Crippen molar-refractivity contribution in [3.8, 4) is 5.75 Å². The fourth-order valence-corrected chi connectivity index (χ4v) is 4.31. The largest absolute Gasteiger partial charge is 0.479 e. The number of hydrogen-bond donors (Lipinski definition) is 1. The summed E-state index contributed by atoms with van der Waals surface area (Å²) in [5.74, 6) is -2.21. The summed E-state index contributed by atoms with van der Waals surface area (Å²) in [6, 6.07) is 13.5. The van der Waals surface area contributed by atoms with Crippen LogP contribution in [0.1, 0.15) is 59.5 Å². The van der Waals surface area contributed by atoms with Crippen molar-refractivity contribution in [1.82, 2.24) is 0 Å². The first kappa shape index (κ1) is 22.5. The third-order valence-corrected chi connectivity index (χ3v) is 6.21. The first-order chi connectivity index (χ1) is 16.8. The molecule has 1 N–H and O–H groups in total. The molecule has 1 atom stereocenters. The predicted octanol–water partition coefficient (Wildman–Crippen LogP) is 3.87. The number of esters is 1. The van der Waals surface area contributed by atoms with Gasteiger partial charge < -0.3 is 14.8 Å². The van der Waals surface area contributed by atoms with Gasteiger partial charge in [0.25, 0.3) is 5.91 Å². The number of benzene rings is 3. The van der Waals surface area contributed by atoms with Gasteiger partial charge in [0, 0.05) is 22.3 Å². The molecule has 8 nitrogen and oxygen atoms in total. The molecule has 3 aromatic rings. The lowest BCUT2D eigenvalue weighted by Crippen LogP contribution is -2.34. The molecule has 2 aliphatic rings. The SMILES string of the molecule is CC1Oc2ccc(C(=O)COC(=O)c3ccc4c(c3Cl)C(=O)c3ccccc3C4=O)cc2NC1=O. The Balaban J connectivity index is 1.35. The molecule has 35 heavy (non-hydrogen) atoms. The van der Waals surface area contributed by atoms with Gasteiger partial charge in [-0.3, -0.25) is 19.2 Å². The summed E-state index contributed by atoms with van der Waals surface area (Å²) >= 11 is 6.37. The molecule has 0 radical (unpaired) electrons. The standard InChI is InChI=1S/C26H16ClNO7/c1-12-25(32)28-18-10-13(6-9-20(18)35-12)19(29)11-34-26(33)17-8-7-16-21(22(17)27)24(31)15-5-3-2-4-14(15)23(16)30/h2-10,12H,11H2,1H3,(H,28,32). The minimum Gasteiger partial charge on any atom is -0.479 e. The number of rotatable bonds is 4. The third-order valence-electron chi connectivity index (χ3n) is 5.82. The molecule has 1 aliphatic heterocycles. The first-order valence-corrected chi connectivity index (χ1v) is 11.0. The number of amides is 1. The molecule has 1 aliphatic carbocycles. The highest BCUT2D eigenvalue weighted by molar-refractivity contribution is 6.41. The van der Waals surface area contributed by atoms with Crippen LogP contribution in [0.4, 0.5) is 5.69 Å². The molecule has 1 heterocycles. The molecule has 9 heteroatoms. The van der Waals surface area contributed by atoms with Crippen molar-refractivity contribution in [3.63, 3.8) is 0 Å². The fourth-order valence-electron chi connectivity index (χ4n) is 3.98. The highest BCUT2D eigenvalue weighted by Crippen LogP contribution is 2.34. The molecule has 0 saturated carbocycles. The van der Waals surface area contributed by atoms with Crippen LogP contribution in [0.25, 0.3) is 0 Å². The van der Waals surface area contributed by atoms with Gasteiger partial charge in [0.15, 0.2) is 30.1 Å². The number of carbonyl (C=O) groups is 5. The highest BCUT2D eigenvalue weighted by Gasteiger charge is 2.33. The minimum absolute atomic E-state index is 0.0733. The van der Waals surface area contributed by atoms with Gasteiger partial charge in [-0.15, -0.1) is 0 Å². The second kappa shape index (κ2) is 8.48.